The van der Waals surface area contributed by atoms with Crippen molar-refractivity contribution in [3.05, 3.63) is 60.3 Å². The zero-order valence-corrected chi connectivity index (χ0v) is 13.7. The maximum atomic E-state index is 12.4. The topological polar surface area (TPSA) is 109 Å². The van der Waals surface area contributed by atoms with E-state index in [1.165, 1.54) is 0 Å². The Morgan fingerprint density at radius 2 is 2.15 bits per heavy atom. The Kier molecular flexibility index (Phi) is 3.77. The molecule has 8 heteroatoms. The van der Waals surface area contributed by atoms with E-state index in [1.54, 1.807) is 29.4 Å². The van der Waals surface area contributed by atoms with Gasteiger partial charge in [-0.1, -0.05) is 12.6 Å². The van der Waals surface area contributed by atoms with Crippen molar-refractivity contribution in [2.24, 2.45) is 0 Å². The molecular weight excluding hydrogens is 330 g/mol. The second-order valence-electron chi connectivity index (χ2n) is 5.60. The summed E-state index contributed by atoms with van der Waals surface area (Å²) in [6.07, 6.45) is 7.62. The predicted octanol–water partition coefficient (Wildman–Crippen LogP) is 2.43. The molecule has 8 nitrogen and oxygen atoms in total. The number of nitrogens with one attached hydrogen (secondary N) is 3. The van der Waals surface area contributed by atoms with Crippen LogP contribution in [0.1, 0.15) is 21.7 Å². The molecule has 4 heterocycles. The van der Waals surface area contributed by atoms with Gasteiger partial charge in [-0.05, 0) is 12.1 Å². The first-order valence-corrected chi connectivity index (χ1v) is 7.91. The number of hydrogen-bond acceptors (Lipinski definition) is 6. The maximum absolute atomic E-state index is 12.4. The van der Waals surface area contributed by atoms with Gasteiger partial charge in [-0.3, -0.25) is 14.3 Å². The summed E-state index contributed by atoms with van der Waals surface area (Å²) in [6.45, 7) is 4.14. The summed E-state index contributed by atoms with van der Waals surface area (Å²) in [5.41, 5.74) is 3.21. The number of anilines is 2. The fourth-order valence-corrected chi connectivity index (χ4v) is 2.98. The van der Waals surface area contributed by atoms with Crippen LogP contribution in [-0.4, -0.2) is 31.6 Å². The molecule has 0 saturated heterocycles. The van der Waals surface area contributed by atoms with Crippen LogP contribution in [0.5, 0.6) is 0 Å². The molecule has 3 aromatic heterocycles. The third-order valence-electron chi connectivity index (χ3n) is 4.14. The Balaban J connectivity index is 1.85. The Hall–Kier alpha value is -3.81. The second kappa shape index (κ2) is 6.25. The molecule has 3 N–H and O–H groups in total. The molecule has 0 bridgehead atoms. The van der Waals surface area contributed by atoms with E-state index in [4.69, 9.17) is 5.41 Å². The molecule has 0 saturated carbocycles. The molecule has 1 aliphatic heterocycles. The quantitative estimate of drug-likeness (QED) is 0.615. The molecule has 0 aromatic carbocycles. The number of rotatable bonds is 5. The van der Waals surface area contributed by atoms with Crippen LogP contribution in [0.25, 0.3) is 17.6 Å². The normalized spacial score (nSPS) is 12.4. The van der Waals surface area contributed by atoms with Gasteiger partial charge in [0.1, 0.15) is 5.82 Å². The molecule has 1 aliphatic rings. The van der Waals surface area contributed by atoms with E-state index in [1.807, 2.05) is 18.2 Å². The lowest BCUT2D eigenvalue weighted by Crippen LogP contribution is -2.13. The highest BCUT2D eigenvalue weighted by Gasteiger charge is 2.28. The molecule has 26 heavy (non-hydrogen) atoms. The minimum Gasteiger partial charge on any atom is -0.348 e. The zero-order chi connectivity index (χ0) is 18.1. The number of nitrogens with zero attached hydrogens (tertiary/aromatic N) is 4. The maximum Gasteiger partial charge on any atom is 0.254 e. The fourth-order valence-electron chi connectivity index (χ4n) is 2.98. The SMILES string of the molecule is C=Cn1c(-c2ncc(Nc3ccccn3)c3c2CNC3=O)cnc1C=N. The van der Waals surface area contributed by atoms with Crippen molar-refractivity contribution in [1.82, 2.24) is 24.8 Å². The van der Waals surface area contributed by atoms with Crippen LogP contribution in [0.2, 0.25) is 0 Å². The zero-order valence-electron chi connectivity index (χ0n) is 13.7. The van der Waals surface area contributed by atoms with E-state index in [0.717, 1.165) is 11.8 Å². The predicted molar refractivity (Wildman–Crippen MR) is 98.4 cm³/mol. The van der Waals surface area contributed by atoms with Gasteiger partial charge in [0, 0.05) is 24.5 Å². The van der Waals surface area contributed by atoms with Crippen molar-refractivity contribution in [1.29, 1.82) is 5.41 Å². The van der Waals surface area contributed by atoms with Gasteiger partial charge in [-0.15, -0.1) is 0 Å². The minimum absolute atomic E-state index is 0.168. The summed E-state index contributed by atoms with van der Waals surface area (Å²) in [5, 5.41) is 13.4. The van der Waals surface area contributed by atoms with E-state index >= 15 is 0 Å². The molecule has 0 fully saturated rings. The molecule has 1 amide bonds. The number of carbonyl (C=O) groups is 1. The third kappa shape index (κ3) is 2.44. The molecule has 4 rings (SSSR count). The van der Waals surface area contributed by atoms with Gasteiger partial charge in [0.25, 0.3) is 5.91 Å². The molecule has 128 valence electrons. The molecule has 0 spiro atoms. The number of aromatic nitrogens is 4. The average Bonchev–Trinajstić information content (AvgIpc) is 3.26. The van der Waals surface area contributed by atoms with Gasteiger partial charge in [-0.25, -0.2) is 9.97 Å². The molecule has 0 aliphatic carbocycles. The number of pyridine rings is 2. The lowest BCUT2D eigenvalue weighted by Gasteiger charge is -2.12. The van der Waals surface area contributed by atoms with Gasteiger partial charge in [0.15, 0.2) is 5.82 Å². The average molecular weight is 345 g/mol. The first-order chi connectivity index (χ1) is 12.7. The van der Waals surface area contributed by atoms with Crippen molar-refractivity contribution in [3.8, 4) is 11.4 Å². The lowest BCUT2D eigenvalue weighted by molar-refractivity contribution is 0.0966. The molecule has 0 atom stereocenters. The fraction of sp³-hybridized carbons (Fsp3) is 0.0556. The van der Waals surface area contributed by atoms with Crippen LogP contribution in [0.3, 0.4) is 0 Å². The monoisotopic (exact) mass is 345 g/mol. The van der Waals surface area contributed by atoms with Gasteiger partial charge in [0.2, 0.25) is 0 Å². The molecule has 3 aromatic rings. The summed E-state index contributed by atoms with van der Waals surface area (Å²) in [7, 11) is 0. The lowest BCUT2D eigenvalue weighted by atomic mass is 10.1. The van der Waals surface area contributed by atoms with E-state index in [9.17, 15) is 4.79 Å². The Bertz CT molecular complexity index is 1020. The Morgan fingerprint density at radius 1 is 1.27 bits per heavy atom. The van der Waals surface area contributed by atoms with Crippen LogP contribution in [0.4, 0.5) is 11.5 Å². The summed E-state index contributed by atoms with van der Waals surface area (Å²) in [6, 6.07) is 5.50. The standard InChI is InChI=1S/C18H15N7O/c1-2-25-13(10-21-15(25)7-19)17-11-8-23-18(26)16(11)12(9-22-17)24-14-5-3-4-6-20-14/h2-7,9-10,19H,1,8H2,(H,20,24)(H,23,26). The summed E-state index contributed by atoms with van der Waals surface area (Å²) in [4.78, 5) is 25.4. The van der Waals surface area contributed by atoms with E-state index in [-0.39, 0.29) is 5.91 Å². The Morgan fingerprint density at radius 3 is 2.88 bits per heavy atom. The first kappa shape index (κ1) is 15.7. The second-order valence-corrected chi connectivity index (χ2v) is 5.60. The van der Waals surface area contributed by atoms with Crippen LogP contribution >= 0.6 is 0 Å². The summed E-state index contributed by atoms with van der Waals surface area (Å²) < 4.78 is 1.67. The van der Waals surface area contributed by atoms with Crippen molar-refractivity contribution in [3.63, 3.8) is 0 Å². The van der Waals surface area contributed by atoms with Gasteiger partial charge < -0.3 is 16.0 Å². The van der Waals surface area contributed by atoms with Crippen LogP contribution < -0.4 is 10.6 Å². The number of hydrogen-bond donors (Lipinski definition) is 3. The highest BCUT2D eigenvalue weighted by molar-refractivity contribution is 6.05. The van der Waals surface area contributed by atoms with Crippen molar-refractivity contribution in [2.75, 3.05) is 5.32 Å². The summed E-state index contributed by atoms with van der Waals surface area (Å²) in [5.74, 6) is 0.906. The number of amides is 1. The van der Waals surface area contributed by atoms with Crippen LogP contribution in [-0.2, 0) is 6.54 Å². The van der Waals surface area contributed by atoms with E-state index < -0.39 is 0 Å². The van der Waals surface area contributed by atoms with E-state index in [0.29, 0.717) is 40.8 Å². The molecule has 0 unspecified atom stereocenters. The number of carbonyl (C=O) groups excluding carboxylic acids is 1. The van der Waals surface area contributed by atoms with Crippen molar-refractivity contribution < 1.29 is 4.79 Å². The number of imidazole rings is 1. The largest absolute Gasteiger partial charge is 0.348 e. The van der Waals surface area contributed by atoms with Gasteiger partial charge in [0.05, 0.1) is 41.2 Å². The molecular formula is C18H15N7O. The van der Waals surface area contributed by atoms with Crippen molar-refractivity contribution >= 4 is 29.8 Å². The van der Waals surface area contributed by atoms with Crippen molar-refractivity contribution in [2.45, 2.75) is 6.54 Å². The summed E-state index contributed by atoms with van der Waals surface area (Å²) >= 11 is 0. The third-order valence-corrected chi connectivity index (χ3v) is 4.14. The van der Waals surface area contributed by atoms with E-state index in [2.05, 4.69) is 32.2 Å². The van der Waals surface area contributed by atoms with Crippen LogP contribution in [0.15, 0.2) is 43.4 Å². The Labute approximate surface area is 149 Å². The number of fused-ring (bicyclic) bond motifs is 1. The minimum atomic E-state index is -0.168. The first-order valence-electron chi connectivity index (χ1n) is 7.91. The van der Waals surface area contributed by atoms with Gasteiger partial charge >= 0.3 is 0 Å². The highest BCUT2D eigenvalue weighted by Crippen LogP contribution is 2.33. The van der Waals surface area contributed by atoms with Crippen LogP contribution in [0, 0.1) is 5.41 Å². The highest BCUT2D eigenvalue weighted by atomic mass is 16.1. The smallest absolute Gasteiger partial charge is 0.254 e. The van der Waals surface area contributed by atoms with Gasteiger partial charge in [-0.2, -0.15) is 0 Å². The molecule has 0 radical (unpaired) electrons.